The van der Waals surface area contributed by atoms with Gasteiger partial charge >= 0.3 is 0 Å². The molecule has 8 heteroatoms. The number of halogens is 1. The quantitative estimate of drug-likeness (QED) is 0.296. The fraction of sp³-hybridized carbons (Fsp3) is 0.632. The van der Waals surface area contributed by atoms with Crippen molar-refractivity contribution in [3.05, 3.63) is 36.7 Å². The molecule has 1 aliphatic rings. The Morgan fingerprint density at radius 2 is 2.26 bits per heavy atom. The third-order valence-electron chi connectivity index (χ3n) is 5.10. The summed E-state index contributed by atoms with van der Waals surface area (Å²) in [6, 6.07) is 0.450. The molecule has 0 spiro atoms. The number of imidazole rings is 1. The van der Waals surface area contributed by atoms with Crippen molar-refractivity contribution in [1.29, 1.82) is 0 Å². The summed E-state index contributed by atoms with van der Waals surface area (Å²) < 4.78 is 4.09. The number of piperidine rings is 1. The van der Waals surface area contributed by atoms with Crippen LogP contribution in [0.2, 0.25) is 0 Å². The van der Waals surface area contributed by atoms with Gasteiger partial charge in [-0.15, -0.1) is 24.0 Å². The van der Waals surface area contributed by atoms with Gasteiger partial charge in [-0.1, -0.05) is 6.92 Å². The zero-order valence-electron chi connectivity index (χ0n) is 16.6. The lowest BCUT2D eigenvalue weighted by Gasteiger charge is -2.39. The number of guanidine groups is 1. The number of likely N-dealkylation sites (tertiary alicyclic amines) is 1. The van der Waals surface area contributed by atoms with Crippen LogP contribution in [0.3, 0.4) is 0 Å². The molecule has 150 valence electrons. The Morgan fingerprint density at radius 3 is 2.93 bits per heavy atom. The molecule has 1 N–H and O–H groups in total. The molecule has 3 heterocycles. The van der Waals surface area contributed by atoms with E-state index in [4.69, 9.17) is 4.99 Å². The average molecular weight is 485 g/mol. The van der Waals surface area contributed by atoms with Gasteiger partial charge in [0.2, 0.25) is 0 Å². The van der Waals surface area contributed by atoms with E-state index in [-0.39, 0.29) is 24.0 Å². The van der Waals surface area contributed by atoms with E-state index in [9.17, 15) is 0 Å². The van der Waals surface area contributed by atoms with Crippen molar-refractivity contribution in [3.8, 4) is 0 Å². The molecule has 0 aliphatic carbocycles. The van der Waals surface area contributed by atoms with Gasteiger partial charge in [0.05, 0.1) is 18.6 Å². The Kier molecular flexibility index (Phi) is 8.59. The van der Waals surface area contributed by atoms with Crippen LogP contribution >= 0.6 is 24.0 Å². The molecule has 2 atom stereocenters. The summed E-state index contributed by atoms with van der Waals surface area (Å²) in [5.41, 5.74) is 1.28. The molecular formula is C19H32IN7. The number of aliphatic imine (C=N–C) groups is 1. The van der Waals surface area contributed by atoms with E-state index in [0.29, 0.717) is 12.0 Å². The van der Waals surface area contributed by atoms with Gasteiger partial charge in [-0.05, 0) is 37.7 Å². The first-order chi connectivity index (χ1) is 12.7. The van der Waals surface area contributed by atoms with Crippen LogP contribution < -0.4 is 5.32 Å². The Labute approximate surface area is 179 Å². The highest BCUT2D eigenvalue weighted by atomic mass is 127. The molecule has 0 aromatic carbocycles. The van der Waals surface area contributed by atoms with Gasteiger partial charge in [0.1, 0.15) is 0 Å². The second-order valence-corrected chi connectivity index (χ2v) is 7.15. The van der Waals surface area contributed by atoms with Gasteiger partial charge < -0.3 is 14.8 Å². The van der Waals surface area contributed by atoms with E-state index in [1.807, 2.05) is 30.5 Å². The molecule has 27 heavy (non-hydrogen) atoms. The van der Waals surface area contributed by atoms with E-state index in [1.165, 1.54) is 12.0 Å². The zero-order valence-corrected chi connectivity index (χ0v) is 18.9. The summed E-state index contributed by atoms with van der Waals surface area (Å²) in [6.07, 6.45) is 13.1. The van der Waals surface area contributed by atoms with Gasteiger partial charge in [-0.3, -0.25) is 9.67 Å². The zero-order chi connectivity index (χ0) is 18.4. The molecule has 1 aliphatic heterocycles. The largest absolute Gasteiger partial charge is 0.357 e. The first-order valence-corrected chi connectivity index (χ1v) is 9.65. The highest BCUT2D eigenvalue weighted by Crippen LogP contribution is 2.27. The first-order valence-electron chi connectivity index (χ1n) is 9.65. The van der Waals surface area contributed by atoms with Gasteiger partial charge in [0.25, 0.3) is 0 Å². The maximum Gasteiger partial charge on any atom is 0.193 e. The Balaban J connectivity index is 0.00000261. The smallest absolute Gasteiger partial charge is 0.193 e. The van der Waals surface area contributed by atoms with Crippen molar-refractivity contribution >= 4 is 29.9 Å². The van der Waals surface area contributed by atoms with Crippen molar-refractivity contribution < 1.29 is 0 Å². The predicted molar refractivity (Wildman–Crippen MR) is 120 cm³/mol. The van der Waals surface area contributed by atoms with Gasteiger partial charge in [-0.25, -0.2) is 4.98 Å². The minimum Gasteiger partial charge on any atom is -0.357 e. The molecule has 0 radical (unpaired) electrons. The number of nitrogens with one attached hydrogen (secondary N) is 1. The summed E-state index contributed by atoms with van der Waals surface area (Å²) in [6.45, 7) is 8.22. The minimum atomic E-state index is 0. The van der Waals surface area contributed by atoms with Crippen LogP contribution in [-0.4, -0.2) is 56.4 Å². The van der Waals surface area contributed by atoms with Gasteiger partial charge in [-0.2, -0.15) is 5.10 Å². The Bertz CT molecular complexity index is 695. The second-order valence-electron chi connectivity index (χ2n) is 7.15. The van der Waals surface area contributed by atoms with Crippen LogP contribution in [0.15, 0.2) is 36.1 Å². The SMILES string of the molecule is CCNC(=NCCCc1cnn(C)c1)N1CCC(C)C(n2ccnc2)C1.I. The van der Waals surface area contributed by atoms with Crippen LogP contribution in [0.25, 0.3) is 0 Å². The maximum atomic E-state index is 4.88. The average Bonchev–Trinajstić information content (AvgIpc) is 3.30. The van der Waals surface area contributed by atoms with Gasteiger partial charge in [0.15, 0.2) is 5.96 Å². The van der Waals surface area contributed by atoms with Gasteiger partial charge in [0, 0.05) is 51.8 Å². The maximum absolute atomic E-state index is 4.88. The summed E-state index contributed by atoms with van der Waals surface area (Å²) in [7, 11) is 1.96. The fourth-order valence-corrected chi connectivity index (χ4v) is 3.59. The molecule has 1 fully saturated rings. The monoisotopic (exact) mass is 485 g/mol. The molecule has 0 amide bonds. The summed E-state index contributed by atoms with van der Waals surface area (Å²) in [5.74, 6) is 1.68. The third kappa shape index (κ3) is 5.95. The lowest BCUT2D eigenvalue weighted by Crippen LogP contribution is -2.49. The lowest BCUT2D eigenvalue weighted by atomic mass is 9.93. The van der Waals surface area contributed by atoms with E-state index in [1.54, 1.807) is 0 Å². The number of hydrogen-bond donors (Lipinski definition) is 1. The third-order valence-corrected chi connectivity index (χ3v) is 5.10. The molecule has 3 rings (SSSR count). The fourth-order valence-electron chi connectivity index (χ4n) is 3.59. The van der Waals surface area contributed by atoms with E-state index in [0.717, 1.165) is 45.0 Å². The van der Waals surface area contributed by atoms with Crippen molar-refractivity contribution in [2.45, 2.75) is 39.2 Å². The van der Waals surface area contributed by atoms with E-state index in [2.05, 4.69) is 51.1 Å². The van der Waals surface area contributed by atoms with E-state index < -0.39 is 0 Å². The predicted octanol–water partition coefficient (Wildman–Crippen LogP) is 2.72. The summed E-state index contributed by atoms with van der Waals surface area (Å²) >= 11 is 0. The number of aromatic nitrogens is 4. The molecule has 0 bridgehead atoms. The number of nitrogens with zero attached hydrogens (tertiary/aromatic N) is 6. The normalized spacial score (nSPS) is 20.4. The van der Waals surface area contributed by atoms with Crippen LogP contribution in [0, 0.1) is 5.92 Å². The molecular weight excluding hydrogens is 453 g/mol. The molecule has 2 unspecified atom stereocenters. The topological polar surface area (TPSA) is 63.3 Å². The van der Waals surface area contributed by atoms with Crippen LogP contribution in [0.1, 0.15) is 38.3 Å². The molecule has 2 aromatic heterocycles. The van der Waals surface area contributed by atoms with Crippen molar-refractivity contribution in [2.75, 3.05) is 26.2 Å². The Hall–Kier alpha value is -1.58. The molecule has 7 nitrogen and oxygen atoms in total. The standard InChI is InChI=1S/C19H31N7.HI/c1-4-21-19(22-8-5-6-17-12-23-24(3)13-17)25-10-7-16(2)18(14-25)26-11-9-20-15-26;/h9,11-13,15-16,18H,4-8,10,14H2,1-3H3,(H,21,22);1H. The Morgan fingerprint density at radius 1 is 1.41 bits per heavy atom. The summed E-state index contributed by atoms with van der Waals surface area (Å²) in [5, 5.41) is 7.70. The van der Waals surface area contributed by atoms with Crippen LogP contribution in [0.5, 0.6) is 0 Å². The van der Waals surface area contributed by atoms with Crippen molar-refractivity contribution in [2.24, 2.45) is 18.0 Å². The van der Waals surface area contributed by atoms with Crippen LogP contribution in [-0.2, 0) is 13.5 Å². The highest BCUT2D eigenvalue weighted by molar-refractivity contribution is 14.0. The first kappa shape index (κ1) is 21.7. The molecule has 1 saturated heterocycles. The van der Waals surface area contributed by atoms with Crippen LogP contribution in [0.4, 0.5) is 0 Å². The minimum absolute atomic E-state index is 0. The van der Waals surface area contributed by atoms with Crippen molar-refractivity contribution in [1.82, 2.24) is 29.5 Å². The number of aryl methyl sites for hydroxylation is 2. The second kappa shape index (κ2) is 10.7. The highest BCUT2D eigenvalue weighted by Gasteiger charge is 2.28. The number of rotatable bonds is 6. The lowest BCUT2D eigenvalue weighted by molar-refractivity contribution is 0.189. The number of hydrogen-bond acceptors (Lipinski definition) is 3. The molecule has 0 saturated carbocycles. The molecule has 2 aromatic rings. The van der Waals surface area contributed by atoms with Crippen molar-refractivity contribution in [3.63, 3.8) is 0 Å². The van der Waals surface area contributed by atoms with E-state index >= 15 is 0 Å². The summed E-state index contributed by atoms with van der Waals surface area (Å²) in [4.78, 5) is 11.5.